The second-order valence-electron chi connectivity index (χ2n) is 3.23. The molecule has 0 heterocycles. The van der Waals surface area contributed by atoms with E-state index in [0.717, 1.165) is 5.56 Å². The highest BCUT2D eigenvalue weighted by Crippen LogP contribution is 2.27. The Kier molecular flexibility index (Phi) is 3.92. The number of aliphatic hydroxyl groups excluding tert-OH is 2. The van der Waals surface area contributed by atoms with E-state index in [-0.39, 0.29) is 11.1 Å². The first-order valence-electron chi connectivity index (χ1n) is 4.28. The maximum atomic E-state index is 9.65. The number of aryl methyl sites for hydroxylation is 1. The summed E-state index contributed by atoms with van der Waals surface area (Å²) in [4.78, 5) is 0. The Bertz CT molecular complexity index is 314. The van der Waals surface area contributed by atoms with E-state index >= 15 is 0 Å². The Morgan fingerprint density at radius 2 is 2.00 bits per heavy atom. The topological polar surface area (TPSA) is 60.7 Å². The molecule has 0 fully saturated rings. The lowest BCUT2D eigenvalue weighted by Crippen LogP contribution is -2.19. The molecular formula is C10H13BrO3. The van der Waals surface area contributed by atoms with Crippen molar-refractivity contribution in [2.45, 2.75) is 19.1 Å². The van der Waals surface area contributed by atoms with Gasteiger partial charge in [0.05, 0.1) is 6.10 Å². The first-order valence-corrected chi connectivity index (χ1v) is 5.40. The molecule has 0 aliphatic heterocycles. The molecule has 14 heavy (non-hydrogen) atoms. The van der Waals surface area contributed by atoms with Crippen molar-refractivity contribution in [3.63, 3.8) is 0 Å². The van der Waals surface area contributed by atoms with Crippen LogP contribution in [0.2, 0.25) is 0 Å². The molecule has 0 aromatic heterocycles. The van der Waals surface area contributed by atoms with Gasteiger partial charge in [0, 0.05) is 10.9 Å². The number of aromatic hydroxyl groups is 1. The van der Waals surface area contributed by atoms with E-state index in [1.165, 1.54) is 6.07 Å². The van der Waals surface area contributed by atoms with E-state index in [0.29, 0.717) is 5.56 Å². The SMILES string of the molecule is Cc1ccc(O)c(C(O)C(O)CBr)c1. The first kappa shape index (κ1) is 11.5. The van der Waals surface area contributed by atoms with Crippen LogP contribution in [0.1, 0.15) is 17.2 Å². The van der Waals surface area contributed by atoms with Crippen molar-refractivity contribution in [3.8, 4) is 5.75 Å². The van der Waals surface area contributed by atoms with Gasteiger partial charge in [0.15, 0.2) is 0 Å². The highest BCUT2D eigenvalue weighted by Gasteiger charge is 2.20. The molecule has 0 aliphatic carbocycles. The van der Waals surface area contributed by atoms with E-state index in [4.69, 9.17) is 0 Å². The van der Waals surface area contributed by atoms with Gasteiger partial charge in [-0.15, -0.1) is 0 Å². The lowest BCUT2D eigenvalue weighted by molar-refractivity contribution is 0.0327. The van der Waals surface area contributed by atoms with E-state index in [1.807, 2.05) is 6.92 Å². The molecule has 0 saturated carbocycles. The minimum atomic E-state index is -1.06. The van der Waals surface area contributed by atoms with Crippen LogP contribution in [0.4, 0.5) is 0 Å². The standard InChI is InChI=1S/C10H13BrO3/c1-6-2-3-8(12)7(4-6)10(14)9(13)5-11/h2-4,9-10,12-14H,5H2,1H3. The van der Waals surface area contributed by atoms with Gasteiger partial charge in [0.2, 0.25) is 0 Å². The highest BCUT2D eigenvalue weighted by atomic mass is 79.9. The maximum Gasteiger partial charge on any atom is 0.121 e. The third-order valence-corrected chi connectivity index (χ3v) is 2.69. The Morgan fingerprint density at radius 3 is 2.57 bits per heavy atom. The van der Waals surface area contributed by atoms with Crippen molar-refractivity contribution in [2.75, 3.05) is 5.33 Å². The zero-order valence-electron chi connectivity index (χ0n) is 7.81. The van der Waals surface area contributed by atoms with Crippen molar-refractivity contribution >= 4 is 15.9 Å². The molecule has 0 aliphatic rings. The molecule has 2 unspecified atom stereocenters. The van der Waals surface area contributed by atoms with Crippen LogP contribution in [0.3, 0.4) is 0 Å². The van der Waals surface area contributed by atoms with Gasteiger partial charge < -0.3 is 15.3 Å². The summed E-state index contributed by atoms with van der Waals surface area (Å²) in [5, 5.41) is 28.8. The molecular weight excluding hydrogens is 248 g/mol. The number of halogens is 1. The number of hydrogen-bond donors (Lipinski definition) is 3. The molecule has 1 rings (SSSR count). The number of benzene rings is 1. The normalized spacial score (nSPS) is 15.1. The van der Waals surface area contributed by atoms with E-state index in [9.17, 15) is 15.3 Å². The average molecular weight is 261 g/mol. The fourth-order valence-electron chi connectivity index (χ4n) is 1.20. The van der Waals surface area contributed by atoms with Gasteiger partial charge in [0.25, 0.3) is 0 Å². The zero-order chi connectivity index (χ0) is 10.7. The van der Waals surface area contributed by atoms with Crippen LogP contribution in [-0.4, -0.2) is 26.8 Å². The van der Waals surface area contributed by atoms with Crippen LogP contribution in [-0.2, 0) is 0 Å². The van der Waals surface area contributed by atoms with E-state index < -0.39 is 12.2 Å². The third-order valence-electron chi connectivity index (χ3n) is 2.02. The Morgan fingerprint density at radius 1 is 1.36 bits per heavy atom. The molecule has 1 aromatic carbocycles. The van der Waals surface area contributed by atoms with Crippen LogP contribution in [0.25, 0.3) is 0 Å². The Balaban J connectivity index is 2.99. The predicted molar refractivity (Wildman–Crippen MR) is 57.6 cm³/mol. The smallest absolute Gasteiger partial charge is 0.121 e. The summed E-state index contributed by atoms with van der Waals surface area (Å²) in [6.07, 6.45) is -1.98. The molecule has 0 amide bonds. The molecule has 0 saturated heterocycles. The van der Waals surface area contributed by atoms with Gasteiger partial charge in [-0.25, -0.2) is 0 Å². The summed E-state index contributed by atoms with van der Waals surface area (Å²) in [5.74, 6) is 0.00287. The lowest BCUT2D eigenvalue weighted by atomic mass is 10.0. The average Bonchev–Trinajstić information content (AvgIpc) is 2.19. The summed E-state index contributed by atoms with van der Waals surface area (Å²) in [6.45, 7) is 1.86. The van der Waals surface area contributed by atoms with E-state index in [2.05, 4.69) is 15.9 Å². The van der Waals surface area contributed by atoms with Crippen molar-refractivity contribution in [2.24, 2.45) is 0 Å². The number of alkyl halides is 1. The lowest BCUT2D eigenvalue weighted by Gasteiger charge is -2.17. The fourth-order valence-corrected chi connectivity index (χ4v) is 1.56. The quantitative estimate of drug-likeness (QED) is 0.722. The van der Waals surface area contributed by atoms with Crippen molar-refractivity contribution in [3.05, 3.63) is 29.3 Å². The second kappa shape index (κ2) is 4.77. The zero-order valence-corrected chi connectivity index (χ0v) is 9.40. The van der Waals surface area contributed by atoms with Crippen molar-refractivity contribution in [1.82, 2.24) is 0 Å². The summed E-state index contributed by atoms with van der Waals surface area (Å²) < 4.78 is 0. The summed E-state index contributed by atoms with van der Waals surface area (Å²) >= 11 is 3.06. The second-order valence-corrected chi connectivity index (χ2v) is 3.88. The van der Waals surface area contributed by atoms with Gasteiger partial charge in [0.1, 0.15) is 11.9 Å². The Labute approximate surface area is 91.1 Å². The molecule has 3 nitrogen and oxygen atoms in total. The number of hydrogen-bond acceptors (Lipinski definition) is 3. The molecule has 1 aromatic rings. The largest absolute Gasteiger partial charge is 0.508 e. The molecule has 78 valence electrons. The van der Waals surface area contributed by atoms with Crippen molar-refractivity contribution < 1.29 is 15.3 Å². The monoisotopic (exact) mass is 260 g/mol. The van der Waals surface area contributed by atoms with Crippen LogP contribution >= 0.6 is 15.9 Å². The molecule has 0 radical (unpaired) electrons. The maximum absolute atomic E-state index is 9.65. The molecule has 0 bridgehead atoms. The number of phenols is 1. The van der Waals surface area contributed by atoms with Gasteiger partial charge in [-0.2, -0.15) is 0 Å². The first-order chi connectivity index (χ1) is 6.56. The number of phenolic OH excluding ortho intramolecular Hbond substituents is 1. The minimum Gasteiger partial charge on any atom is -0.508 e. The summed E-state index contributed by atoms with van der Waals surface area (Å²) in [7, 11) is 0. The van der Waals surface area contributed by atoms with Crippen LogP contribution in [0.5, 0.6) is 5.75 Å². The van der Waals surface area contributed by atoms with Gasteiger partial charge in [-0.1, -0.05) is 27.6 Å². The minimum absolute atomic E-state index is 0.00287. The molecule has 2 atom stereocenters. The summed E-state index contributed by atoms with van der Waals surface area (Å²) in [5.41, 5.74) is 1.29. The predicted octanol–water partition coefficient (Wildman–Crippen LogP) is 1.49. The van der Waals surface area contributed by atoms with Gasteiger partial charge in [-0.05, 0) is 19.1 Å². The number of rotatable bonds is 3. The van der Waals surface area contributed by atoms with Crippen LogP contribution < -0.4 is 0 Å². The highest BCUT2D eigenvalue weighted by molar-refractivity contribution is 9.09. The third kappa shape index (κ3) is 2.47. The Hall–Kier alpha value is -0.580. The van der Waals surface area contributed by atoms with E-state index in [1.54, 1.807) is 12.1 Å². The van der Waals surface area contributed by atoms with Crippen LogP contribution in [0, 0.1) is 6.92 Å². The molecule has 4 heteroatoms. The van der Waals surface area contributed by atoms with Crippen molar-refractivity contribution in [1.29, 1.82) is 0 Å². The van der Waals surface area contributed by atoms with Gasteiger partial charge in [-0.3, -0.25) is 0 Å². The van der Waals surface area contributed by atoms with Crippen LogP contribution in [0.15, 0.2) is 18.2 Å². The van der Waals surface area contributed by atoms with Gasteiger partial charge >= 0.3 is 0 Å². The number of aliphatic hydroxyl groups is 2. The molecule has 3 N–H and O–H groups in total. The fraction of sp³-hybridized carbons (Fsp3) is 0.400. The summed E-state index contributed by atoms with van der Waals surface area (Å²) in [6, 6.07) is 4.91. The molecule has 0 spiro atoms.